The maximum Gasteiger partial charge on any atom is 0.282 e. The van der Waals surface area contributed by atoms with Crippen molar-refractivity contribution in [2.24, 2.45) is 7.05 Å². The topological polar surface area (TPSA) is 46.9 Å². The van der Waals surface area contributed by atoms with Crippen molar-refractivity contribution in [1.29, 1.82) is 0 Å². The van der Waals surface area contributed by atoms with Crippen LogP contribution in [0.3, 0.4) is 0 Å². The standard InChI is InChI=1S/C19H19F2N3O/c1-11-4-5-15-9-13(6-7-14(15)8-11)12(2)22-19(25)16-10-24(3)23-17(16)18(20)21/h4-10,12,18H,1-3H3,(H,22,25). The molecule has 0 radical (unpaired) electrons. The molecule has 6 heteroatoms. The summed E-state index contributed by atoms with van der Waals surface area (Å²) in [4.78, 5) is 12.4. The Balaban J connectivity index is 1.83. The molecule has 1 heterocycles. The maximum atomic E-state index is 13.0. The Morgan fingerprint density at radius 1 is 1.16 bits per heavy atom. The molecule has 0 aliphatic carbocycles. The van der Waals surface area contributed by atoms with Crippen molar-refractivity contribution in [3.63, 3.8) is 0 Å². The normalized spacial score (nSPS) is 12.6. The van der Waals surface area contributed by atoms with Crippen LogP contribution < -0.4 is 5.32 Å². The number of alkyl halides is 2. The lowest BCUT2D eigenvalue weighted by molar-refractivity contribution is 0.0925. The summed E-state index contributed by atoms with van der Waals surface area (Å²) in [7, 11) is 1.51. The van der Waals surface area contributed by atoms with Crippen LogP contribution >= 0.6 is 0 Å². The van der Waals surface area contributed by atoms with Crippen LogP contribution in [-0.2, 0) is 7.05 Å². The number of carbonyl (C=O) groups is 1. The van der Waals surface area contributed by atoms with Gasteiger partial charge >= 0.3 is 0 Å². The zero-order chi connectivity index (χ0) is 18.1. The van der Waals surface area contributed by atoms with E-state index in [-0.39, 0.29) is 11.6 Å². The lowest BCUT2D eigenvalue weighted by Crippen LogP contribution is -2.27. The molecular formula is C19H19F2N3O. The van der Waals surface area contributed by atoms with Crippen molar-refractivity contribution in [3.8, 4) is 0 Å². The number of fused-ring (bicyclic) bond motifs is 1. The quantitative estimate of drug-likeness (QED) is 0.767. The number of rotatable bonds is 4. The van der Waals surface area contributed by atoms with Gasteiger partial charge in [0.05, 0.1) is 11.6 Å². The van der Waals surface area contributed by atoms with E-state index in [0.717, 1.165) is 16.3 Å². The Hall–Kier alpha value is -2.76. The van der Waals surface area contributed by atoms with E-state index in [0.29, 0.717) is 0 Å². The number of nitrogens with zero attached hydrogens (tertiary/aromatic N) is 2. The van der Waals surface area contributed by atoms with Crippen LogP contribution in [0.2, 0.25) is 0 Å². The van der Waals surface area contributed by atoms with E-state index in [1.165, 1.54) is 23.5 Å². The molecule has 3 aromatic rings. The number of amides is 1. The predicted molar refractivity (Wildman–Crippen MR) is 92.7 cm³/mol. The molecule has 1 amide bonds. The van der Waals surface area contributed by atoms with E-state index in [2.05, 4.69) is 16.5 Å². The van der Waals surface area contributed by atoms with Gasteiger partial charge in [0.1, 0.15) is 5.69 Å². The number of hydrogen-bond acceptors (Lipinski definition) is 2. The molecule has 2 aromatic carbocycles. The van der Waals surface area contributed by atoms with Crippen LogP contribution in [-0.4, -0.2) is 15.7 Å². The molecule has 130 valence electrons. The molecule has 0 saturated heterocycles. The van der Waals surface area contributed by atoms with Gasteiger partial charge in [0.15, 0.2) is 0 Å². The highest BCUT2D eigenvalue weighted by atomic mass is 19.3. The first-order valence-electron chi connectivity index (χ1n) is 7.98. The molecule has 1 unspecified atom stereocenters. The Kier molecular flexibility index (Phi) is 4.53. The molecule has 0 saturated carbocycles. The van der Waals surface area contributed by atoms with Gasteiger partial charge in [0, 0.05) is 13.2 Å². The van der Waals surface area contributed by atoms with E-state index in [1.807, 2.05) is 44.2 Å². The predicted octanol–water partition coefficient (Wildman–Crippen LogP) is 4.31. The Labute approximate surface area is 144 Å². The summed E-state index contributed by atoms with van der Waals surface area (Å²) >= 11 is 0. The molecule has 3 rings (SSSR count). The SMILES string of the molecule is Cc1ccc2cc(C(C)NC(=O)c3cn(C)nc3C(F)F)ccc2c1. The minimum Gasteiger partial charge on any atom is -0.345 e. The third-order valence-electron chi connectivity index (χ3n) is 4.18. The second-order valence-corrected chi connectivity index (χ2v) is 6.21. The molecule has 1 atom stereocenters. The zero-order valence-corrected chi connectivity index (χ0v) is 14.3. The van der Waals surface area contributed by atoms with Crippen molar-refractivity contribution in [2.75, 3.05) is 0 Å². The third-order valence-corrected chi connectivity index (χ3v) is 4.18. The van der Waals surface area contributed by atoms with E-state index in [9.17, 15) is 13.6 Å². The molecule has 0 bridgehead atoms. The fourth-order valence-electron chi connectivity index (χ4n) is 2.85. The van der Waals surface area contributed by atoms with Crippen LogP contribution in [0.25, 0.3) is 10.8 Å². The molecular weight excluding hydrogens is 324 g/mol. The summed E-state index contributed by atoms with van der Waals surface area (Å²) in [5.41, 5.74) is 1.49. The van der Waals surface area contributed by atoms with Crippen LogP contribution in [0, 0.1) is 6.92 Å². The maximum absolute atomic E-state index is 13.0. The highest BCUT2D eigenvalue weighted by Crippen LogP contribution is 2.24. The Morgan fingerprint density at radius 2 is 1.84 bits per heavy atom. The summed E-state index contributed by atoms with van der Waals surface area (Å²) in [5.74, 6) is -0.556. The first-order chi connectivity index (χ1) is 11.8. The van der Waals surface area contributed by atoms with Crippen molar-refractivity contribution in [2.45, 2.75) is 26.3 Å². The van der Waals surface area contributed by atoms with Crippen molar-refractivity contribution >= 4 is 16.7 Å². The van der Waals surface area contributed by atoms with Crippen LogP contribution in [0.5, 0.6) is 0 Å². The zero-order valence-electron chi connectivity index (χ0n) is 14.3. The first kappa shape index (κ1) is 17.1. The third kappa shape index (κ3) is 3.52. The molecule has 1 aromatic heterocycles. The Morgan fingerprint density at radius 3 is 2.56 bits per heavy atom. The van der Waals surface area contributed by atoms with E-state index in [1.54, 1.807) is 0 Å². The Bertz CT molecular complexity index is 934. The summed E-state index contributed by atoms with van der Waals surface area (Å²) in [6.07, 6.45) is -1.48. The van der Waals surface area contributed by atoms with Crippen molar-refractivity contribution in [1.82, 2.24) is 15.1 Å². The molecule has 0 aliphatic heterocycles. The van der Waals surface area contributed by atoms with Gasteiger partial charge in [-0.3, -0.25) is 9.48 Å². The van der Waals surface area contributed by atoms with Crippen molar-refractivity contribution < 1.29 is 13.6 Å². The highest BCUT2D eigenvalue weighted by molar-refractivity contribution is 5.95. The van der Waals surface area contributed by atoms with Gasteiger partial charge in [0.2, 0.25) is 0 Å². The van der Waals surface area contributed by atoms with E-state index >= 15 is 0 Å². The summed E-state index contributed by atoms with van der Waals surface area (Å²) in [6.45, 7) is 3.86. The van der Waals surface area contributed by atoms with Gasteiger partial charge in [-0.05, 0) is 36.2 Å². The van der Waals surface area contributed by atoms with Gasteiger partial charge in [-0.25, -0.2) is 8.78 Å². The average Bonchev–Trinajstić information content (AvgIpc) is 2.96. The van der Waals surface area contributed by atoms with E-state index in [4.69, 9.17) is 0 Å². The minimum absolute atomic E-state index is 0.0965. The summed E-state index contributed by atoms with van der Waals surface area (Å²) in [5, 5.41) is 8.63. The fourth-order valence-corrected chi connectivity index (χ4v) is 2.85. The molecule has 0 aliphatic rings. The monoisotopic (exact) mass is 343 g/mol. The van der Waals surface area contributed by atoms with Gasteiger partial charge in [-0.15, -0.1) is 0 Å². The number of hydrogen-bond donors (Lipinski definition) is 1. The molecule has 4 nitrogen and oxygen atoms in total. The van der Waals surface area contributed by atoms with Gasteiger partial charge in [-0.2, -0.15) is 5.10 Å². The molecule has 0 fully saturated rings. The summed E-state index contributed by atoms with van der Waals surface area (Å²) in [6, 6.07) is 11.8. The second-order valence-electron chi connectivity index (χ2n) is 6.21. The first-order valence-corrected chi connectivity index (χ1v) is 7.98. The van der Waals surface area contributed by atoms with Crippen molar-refractivity contribution in [3.05, 3.63) is 65.0 Å². The molecule has 25 heavy (non-hydrogen) atoms. The molecule has 0 spiro atoms. The lowest BCUT2D eigenvalue weighted by atomic mass is 10.0. The van der Waals surface area contributed by atoms with Gasteiger partial charge in [-0.1, -0.05) is 35.9 Å². The molecule has 1 N–H and O–H groups in total. The number of nitrogens with one attached hydrogen (secondary N) is 1. The lowest BCUT2D eigenvalue weighted by Gasteiger charge is -2.15. The number of aromatic nitrogens is 2. The number of halogens is 2. The summed E-state index contributed by atoms with van der Waals surface area (Å²) < 4.78 is 27.2. The number of carbonyl (C=O) groups excluding carboxylic acids is 1. The van der Waals surface area contributed by atoms with Crippen LogP contribution in [0.1, 0.15) is 46.6 Å². The smallest absolute Gasteiger partial charge is 0.282 e. The number of aryl methyl sites for hydroxylation is 2. The van der Waals surface area contributed by atoms with Gasteiger partial charge < -0.3 is 5.32 Å². The second kappa shape index (κ2) is 6.63. The van der Waals surface area contributed by atoms with Crippen LogP contribution in [0.4, 0.5) is 8.78 Å². The highest BCUT2D eigenvalue weighted by Gasteiger charge is 2.23. The largest absolute Gasteiger partial charge is 0.345 e. The fraction of sp³-hybridized carbons (Fsp3) is 0.263. The average molecular weight is 343 g/mol. The van der Waals surface area contributed by atoms with E-state index < -0.39 is 18.0 Å². The van der Waals surface area contributed by atoms with Crippen LogP contribution in [0.15, 0.2) is 42.6 Å². The van der Waals surface area contributed by atoms with Gasteiger partial charge in [0.25, 0.3) is 12.3 Å². The minimum atomic E-state index is -2.79. The number of benzene rings is 2.